The van der Waals surface area contributed by atoms with Gasteiger partial charge in [0.2, 0.25) is 5.91 Å². The normalized spacial score (nSPS) is 10.7. The minimum atomic E-state index is -0.0238. The van der Waals surface area contributed by atoms with E-state index < -0.39 is 0 Å². The third-order valence-electron chi connectivity index (χ3n) is 4.65. The summed E-state index contributed by atoms with van der Waals surface area (Å²) in [6.45, 7) is 4.08. The van der Waals surface area contributed by atoms with Gasteiger partial charge < -0.3 is 5.32 Å². The number of aromatic nitrogens is 2. The van der Waals surface area contributed by atoms with Gasteiger partial charge in [-0.25, -0.2) is 9.97 Å². The van der Waals surface area contributed by atoms with Crippen molar-refractivity contribution >= 4 is 34.3 Å². The highest BCUT2D eigenvalue weighted by Crippen LogP contribution is 2.27. The SMILES string of the molecule is CCc1ccccc1-c1nc(I)c(NC(=O)CCCc2ccccc2)nc1C. The fourth-order valence-electron chi connectivity index (χ4n) is 3.19. The summed E-state index contributed by atoms with van der Waals surface area (Å²) >= 11 is 2.15. The lowest BCUT2D eigenvalue weighted by Crippen LogP contribution is -2.15. The lowest BCUT2D eigenvalue weighted by Gasteiger charge is -2.13. The summed E-state index contributed by atoms with van der Waals surface area (Å²) in [5, 5.41) is 2.92. The molecule has 5 heteroatoms. The summed E-state index contributed by atoms with van der Waals surface area (Å²) in [5.74, 6) is 0.518. The lowest BCUT2D eigenvalue weighted by atomic mass is 10.0. The van der Waals surface area contributed by atoms with Crippen LogP contribution in [0.15, 0.2) is 54.6 Å². The Morgan fingerprint density at radius 1 is 1.04 bits per heavy atom. The zero-order chi connectivity index (χ0) is 19.9. The van der Waals surface area contributed by atoms with Crippen LogP contribution in [0.25, 0.3) is 11.3 Å². The van der Waals surface area contributed by atoms with Crippen LogP contribution in [0.1, 0.15) is 36.6 Å². The fraction of sp³-hybridized carbons (Fsp3) is 0.261. The molecule has 0 aliphatic carbocycles. The molecule has 0 saturated heterocycles. The number of hydrogen-bond acceptors (Lipinski definition) is 3. The summed E-state index contributed by atoms with van der Waals surface area (Å²) in [6.07, 6.45) is 3.10. The summed E-state index contributed by atoms with van der Waals surface area (Å²) in [4.78, 5) is 21.7. The third kappa shape index (κ3) is 5.16. The maximum atomic E-state index is 12.3. The van der Waals surface area contributed by atoms with E-state index in [1.807, 2.05) is 37.3 Å². The Balaban J connectivity index is 1.68. The van der Waals surface area contributed by atoms with Gasteiger partial charge in [0.15, 0.2) is 5.82 Å². The number of benzene rings is 2. The van der Waals surface area contributed by atoms with Crippen molar-refractivity contribution in [3.8, 4) is 11.3 Å². The Bertz CT molecular complexity index is 957. The van der Waals surface area contributed by atoms with Gasteiger partial charge in [-0.3, -0.25) is 4.79 Å². The van der Waals surface area contributed by atoms with E-state index >= 15 is 0 Å². The number of carbonyl (C=O) groups excluding carboxylic acids is 1. The average molecular weight is 485 g/mol. The predicted molar refractivity (Wildman–Crippen MR) is 122 cm³/mol. The van der Waals surface area contributed by atoms with E-state index in [-0.39, 0.29) is 5.91 Å². The number of nitrogens with zero attached hydrogens (tertiary/aromatic N) is 2. The van der Waals surface area contributed by atoms with Gasteiger partial charge in [0.05, 0.1) is 11.4 Å². The first-order chi connectivity index (χ1) is 13.6. The molecule has 0 bridgehead atoms. The Hall–Kier alpha value is -2.28. The highest BCUT2D eigenvalue weighted by molar-refractivity contribution is 14.1. The van der Waals surface area contributed by atoms with Gasteiger partial charge in [-0.1, -0.05) is 61.5 Å². The first kappa shape index (κ1) is 20.5. The number of anilines is 1. The lowest BCUT2D eigenvalue weighted by molar-refractivity contribution is -0.116. The maximum absolute atomic E-state index is 12.3. The Labute approximate surface area is 180 Å². The van der Waals surface area contributed by atoms with Crippen LogP contribution in [0.4, 0.5) is 5.82 Å². The van der Waals surface area contributed by atoms with Crippen molar-refractivity contribution in [2.45, 2.75) is 39.5 Å². The predicted octanol–water partition coefficient (Wildman–Crippen LogP) is 5.58. The molecular weight excluding hydrogens is 461 g/mol. The number of hydrogen-bond donors (Lipinski definition) is 1. The molecule has 4 nitrogen and oxygen atoms in total. The topological polar surface area (TPSA) is 54.9 Å². The van der Waals surface area contributed by atoms with Crippen LogP contribution in [-0.4, -0.2) is 15.9 Å². The van der Waals surface area contributed by atoms with Crippen LogP contribution >= 0.6 is 22.6 Å². The van der Waals surface area contributed by atoms with Crippen molar-refractivity contribution in [2.75, 3.05) is 5.32 Å². The molecule has 144 valence electrons. The van der Waals surface area contributed by atoms with Crippen molar-refractivity contribution in [1.82, 2.24) is 9.97 Å². The van der Waals surface area contributed by atoms with E-state index in [1.165, 1.54) is 11.1 Å². The molecule has 0 radical (unpaired) electrons. The largest absolute Gasteiger partial charge is 0.308 e. The van der Waals surface area contributed by atoms with Crippen LogP contribution in [0.5, 0.6) is 0 Å². The van der Waals surface area contributed by atoms with Gasteiger partial charge in [0.25, 0.3) is 0 Å². The molecule has 3 aromatic rings. The van der Waals surface area contributed by atoms with Gasteiger partial charge in [-0.15, -0.1) is 0 Å². The van der Waals surface area contributed by atoms with Gasteiger partial charge >= 0.3 is 0 Å². The zero-order valence-electron chi connectivity index (χ0n) is 16.2. The van der Waals surface area contributed by atoms with E-state index in [9.17, 15) is 4.79 Å². The highest BCUT2D eigenvalue weighted by Gasteiger charge is 2.15. The summed E-state index contributed by atoms with van der Waals surface area (Å²) in [6, 6.07) is 18.5. The van der Waals surface area contributed by atoms with Crippen molar-refractivity contribution in [2.24, 2.45) is 0 Å². The molecule has 1 amide bonds. The second-order valence-electron chi connectivity index (χ2n) is 6.70. The first-order valence-electron chi connectivity index (χ1n) is 9.54. The average Bonchev–Trinajstić information content (AvgIpc) is 2.71. The smallest absolute Gasteiger partial charge is 0.225 e. The van der Waals surface area contributed by atoms with E-state index in [0.29, 0.717) is 15.9 Å². The van der Waals surface area contributed by atoms with Gasteiger partial charge in [-0.05, 0) is 59.9 Å². The van der Waals surface area contributed by atoms with Crippen molar-refractivity contribution in [3.05, 3.63) is 75.1 Å². The molecule has 0 aliphatic heterocycles. The van der Waals surface area contributed by atoms with Crippen molar-refractivity contribution in [1.29, 1.82) is 0 Å². The van der Waals surface area contributed by atoms with E-state index in [4.69, 9.17) is 4.98 Å². The number of halogens is 1. The number of aryl methyl sites for hydroxylation is 3. The first-order valence-corrected chi connectivity index (χ1v) is 10.6. The Morgan fingerprint density at radius 3 is 2.50 bits per heavy atom. The molecule has 0 aliphatic rings. The Morgan fingerprint density at radius 2 is 1.75 bits per heavy atom. The van der Waals surface area contributed by atoms with Gasteiger partial charge in [-0.2, -0.15) is 0 Å². The Kier molecular flexibility index (Phi) is 7.14. The minimum absolute atomic E-state index is 0.0238. The van der Waals surface area contributed by atoms with Crippen LogP contribution < -0.4 is 5.32 Å². The molecular formula is C23H24IN3O. The van der Waals surface area contributed by atoms with Crippen LogP contribution in [0.2, 0.25) is 0 Å². The molecule has 1 aromatic heterocycles. The second kappa shape index (κ2) is 9.78. The van der Waals surface area contributed by atoms with Crippen LogP contribution in [0, 0.1) is 10.6 Å². The molecule has 2 aromatic carbocycles. The molecule has 0 atom stereocenters. The van der Waals surface area contributed by atoms with Gasteiger partial charge in [0, 0.05) is 12.0 Å². The summed E-state index contributed by atoms with van der Waals surface area (Å²) in [7, 11) is 0. The molecule has 1 heterocycles. The summed E-state index contributed by atoms with van der Waals surface area (Å²) < 4.78 is 0.709. The standard InChI is InChI=1S/C23H24IN3O/c1-3-18-13-7-8-14-19(18)21-16(2)25-23(22(24)27-21)26-20(28)15-9-12-17-10-5-4-6-11-17/h4-8,10-11,13-14H,3,9,12,15H2,1-2H3,(H,25,26,28). The summed E-state index contributed by atoms with van der Waals surface area (Å²) in [5.41, 5.74) is 5.30. The van der Waals surface area contributed by atoms with E-state index in [2.05, 4.69) is 64.1 Å². The fourth-order valence-corrected chi connectivity index (χ4v) is 3.68. The molecule has 0 fully saturated rings. The number of amides is 1. The monoisotopic (exact) mass is 485 g/mol. The van der Waals surface area contributed by atoms with Crippen LogP contribution in [0.3, 0.4) is 0 Å². The van der Waals surface area contributed by atoms with E-state index in [1.54, 1.807) is 0 Å². The quantitative estimate of drug-likeness (QED) is 0.445. The van der Waals surface area contributed by atoms with Crippen LogP contribution in [-0.2, 0) is 17.6 Å². The number of nitrogens with one attached hydrogen (secondary N) is 1. The highest BCUT2D eigenvalue weighted by atomic mass is 127. The molecule has 3 rings (SSSR count). The van der Waals surface area contributed by atoms with Crippen molar-refractivity contribution < 1.29 is 4.79 Å². The third-order valence-corrected chi connectivity index (χ3v) is 5.40. The van der Waals surface area contributed by atoms with E-state index in [0.717, 1.165) is 36.2 Å². The van der Waals surface area contributed by atoms with Gasteiger partial charge in [0.1, 0.15) is 3.70 Å². The molecule has 28 heavy (non-hydrogen) atoms. The van der Waals surface area contributed by atoms with Crippen molar-refractivity contribution in [3.63, 3.8) is 0 Å². The molecule has 0 spiro atoms. The second-order valence-corrected chi connectivity index (χ2v) is 7.72. The maximum Gasteiger partial charge on any atom is 0.225 e. The zero-order valence-corrected chi connectivity index (χ0v) is 18.4. The number of rotatable bonds is 7. The minimum Gasteiger partial charge on any atom is -0.308 e. The molecule has 1 N–H and O–H groups in total. The molecule has 0 saturated carbocycles. The number of carbonyl (C=O) groups is 1. The molecule has 0 unspecified atom stereocenters.